The summed E-state index contributed by atoms with van der Waals surface area (Å²) < 4.78 is 5.80. The molecule has 1 N–H and O–H groups in total. The highest BCUT2D eigenvalue weighted by Gasteiger charge is 2.29. The van der Waals surface area contributed by atoms with Crippen LogP contribution in [0.5, 0.6) is 5.88 Å². The van der Waals surface area contributed by atoms with Crippen LogP contribution in [0, 0.1) is 18.8 Å². The molecule has 0 bridgehead atoms. The Labute approximate surface area is 151 Å². The van der Waals surface area contributed by atoms with E-state index >= 15 is 0 Å². The number of hydrogen-bond acceptors (Lipinski definition) is 5. The van der Waals surface area contributed by atoms with E-state index in [1.165, 1.54) is 25.7 Å². The highest BCUT2D eigenvalue weighted by atomic mass is 32.1. The fourth-order valence-electron chi connectivity index (χ4n) is 2.81. The maximum Gasteiger partial charge on any atom is 0.270 e. The van der Waals surface area contributed by atoms with Crippen LogP contribution in [0.2, 0.25) is 0 Å². The molecule has 2 aliphatic rings. The summed E-state index contributed by atoms with van der Waals surface area (Å²) in [4.78, 5) is 21.6. The number of carbonyl (C=O) groups excluding carboxylic acids is 1. The fourth-order valence-corrected chi connectivity index (χ4v) is 3.51. The Kier molecular flexibility index (Phi) is 4.70. The number of thiazole rings is 1. The van der Waals surface area contributed by atoms with E-state index in [-0.39, 0.29) is 11.9 Å². The molecular weight excluding hydrogens is 334 g/mol. The van der Waals surface area contributed by atoms with Gasteiger partial charge in [0.15, 0.2) is 0 Å². The quantitative estimate of drug-likeness (QED) is 0.778. The van der Waals surface area contributed by atoms with Gasteiger partial charge in [-0.25, -0.2) is 9.97 Å². The van der Waals surface area contributed by atoms with E-state index in [0.717, 1.165) is 17.0 Å². The highest BCUT2D eigenvalue weighted by molar-refractivity contribution is 7.09. The van der Waals surface area contributed by atoms with Crippen molar-refractivity contribution in [1.82, 2.24) is 15.3 Å². The lowest BCUT2D eigenvalue weighted by atomic mass is 10.1. The zero-order valence-electron chi connectivity index (χ0n) is 14.4. The minimum atomic E-state index is -0.155. The molecule has 2 aromatic rings. The van der Waals surface area contributed by atoms with Gasteiger partial charge >= 0.3 is 0 Å². The largest absolute Gasteiger partial charge is 0.477 e. The summed E-state index contributed by atoms with van der Waals surface area (Å²) in [5.41, 5.74) is 1.38. The molecule has 1 amide bonds. The molecule has 1 atom stereocenters. The van der Waals surface area contributed by atoms with Gasteiger partial charge in [-0.3, -0.25) is 4.79 Å². The molecule has 132 valence electrons. The maximum absolute atomic E-state index is 12.7. The zero-order chi connectivity index (χ0) is 17.2. The topological polar surface area (TPSA) is 64.1 Å². The van der Waals surface area contributed by atoms with Crippen molar-refractivity contribution in [1.29, 1.82) is 0 Å². The number of hydrogen-bond donors (Lipinski definition) is 1. The minimum Gasteiger partial charge on any atom is -0.477 e. The Morgan fingerprint density at radius 1 is 1.32 bits per heavy atom. The third-order valence-corrected chi connectivity index (χ3v) is 5.65. The summed E-state index contributed by atoms with van der Waals surface area (Å²) in [6.07, 6.45) is 7.71. The first-order valence-corrected chi connectivity index (χ1v) is 9.87. The molecule has 6 heteroatoms. The lowest BCUT2D eigenvalue weighted by Crippen LogP contribution is -2.29. The van der Waals surface area contributed by atoms with Crippen LogP contribution < -0.4 is 10.1 Å². The summed E-state index contributed by atoms with van der Waals surface area (Å²) >= 11 is 1.59. The predicted molar refractivity (Wildman–Crippen MR) is 96.9 cm³/mol. The number of pyridine rings is 1. The van der Waals surface area contributed by atoms with Gasteiger partial charge < -0.3 is 10.1 Å². The number of nitrogens with one attached hydrogen (secondary N) is 1. The van der Waals surface area contributed by atoms with E-state index in [1.54, 1.807) is 23.6 Å². The van der Waals surface area contributed by atoms with Crippen LogP contribution in [0.15, 0.2) is 23.7 Å². The average Bonchev–Trinajstić information content (AvgIpc) is 3.54. The first-order valence-electron chi connectivity index (χ1n) is 8.99. The summed E-state index contributed by atoms with van der Waals surface area (Å²) in [6, 6.07) is 3.65. The SMILES string of the molecule is Cc1ccc(C(=O)NC(CC2CC2)c2nccs2)nc1OCC1CC1. The van der Waals surface area contributed by atoms with Gasteiger partial charge in [-0.15, -0.1) is 11.3 Å². The van der Waals surface area contributed by atoms with E-state index < -0.39 is 0 Å². The van der Waals surface area contributed by atoms with Crippen LogP contribution in [0.25, 0.3) is 0 Å². The van der Waals surface area contributed by atoms with Gasteiger partial charge in [0.25, 0.3) is 5.91 Å². The average molecular weight is 357 g/mol. The molecule has 2 aliphatic carbocycles. The second-order valence-electron chi connectivity index (χ2n) is 7.15. The molecular formula is C19H23N3O2S. The number of aryl methyl sites for hydroxylation is 1. The van der Waals surface area contributed by atoms with Crippen LogP contribution in [0.4, 0.5) is 0 Å². The third-order valence-electron chi connectivity index (χ3n) is 4.76. The lowest BCUT2D eigenvalue weighted by molar-refractivity contribution is 0.0927. The van der Waals surface area contributed by atoms with Crippen LogP contribution >= 0.6 is 11.3 Å². The van der Waals surface area contributed by atoms with E-state index in [1.807, 2.05) is 18.4 Å². The smallest absolute Gasteiger partial charge is 0.270 e. The van der Waals surface area contributed by atoms with Gasteiger partial charge in [-0.2, -0.15) is 0 Å². The van der Waals surface area contributed by atoms with E-state index in [4.69, 9.17) is 4.74 Å². The van der Waals surface area contributed by atoms with Crippen LogP contribution in [0.1, 0.15) is 59.2 Å². The second kappa shape index (κ2) is 7.12. The molecule has 0 aromatic carbocycles. The van der Waals surface area contributed by atoms with Crippen molar-refractivity contribution < 1.29 is 9.53 Å². The Bertz CT molecular complexity index is 739. The number of carbonyl (C=O) groups is 1. The number of amides is 1. The van der Waals surface area contributed by atoms with Crippen molar-refractivity contribution in [2.24, 2.45) is 11.8 Å². The van der Waals surface area contributed by atoms with E-state index in [0.29, 0.717) is 30.0 Å². The van der Waals surface area contributed by atoms with Gasteiger partial charge in [0, 0.05) is 17.1 Å². The number of ether oxygens (including phenoxy) is 1. The fraction of sp³-hybridized carbons (Fsp3) is 0.526. The molecule has 1 unspecified atom stereocenters. The van der Waals surface area contributed by atoms with E-state index in [2.05, 4.69) is 15.3 Å². The van der Waals surface area contributed by atoms with Gasteiger partial charge in [-0.05, 0) is 44.1 Å². The standard InChI is InChI=1S/C19H23N3O2S/c1-12-2-7-15(22-18(12)24-11-14-5-6-14)17(23)21-16(10-13-3-4-13)19-20-8-9-25-19/h2,7-9,13-14,16H,3-6,10-11H2,1H3,(H,21,23). The lowest BCUT2D eigenvalue weighted by Gasteiger charge is -2.16. The summed E-state index contributed by atoms with van der Waals surface area (Å²) in [6.45, 7) is 2.66. The van der Waals surface area contributed by atoms with Gasteiger partial charge in [-0.1, -0.05) is 18.9 Å². The van der Waals surface area contributed by atoms with Crippen molar-refractivity contribution >= 4 is 17.2 Å². The van der Waals surface area contributed by atoms with E-state index in [9.17, 15) is 4.79 Å². The molecule has 4 rings (SSSR count). The molecule has 0 aliphatic heterocycles. The molecule has 25 heavy (non-hydrogen) atoms. The molecule has 2 saturated carbocycles. The summed E-state index contributed by atoms with van der Waals surface area (Å²) in [5, 5.41) is 6.05. The maximum atomic E-state index is 12.7. The van der Waals surface area contributed by atoms with Crippen LogP contribution in [-0.4, -0.2) is 22.5 Å². The first kappa shape index (κ1) is 16.5. The Morgan fingerprint density at radius 2 is 2.12 bits per heavy atom. The molecule has 0 spiro atoms. The Hall–Kier alpha value is -1.95. The second-order valence-corrected chi connectivity index (χ2v) is 8.07. The summed E-state index contributed by atoms with van der Waals surface area (Å²) in [7, 11) is 0. The third kappa shape index (κ3) is 4.37. The zero-order valence-corrected chi connectivity index (χ0v) is 15.2. The van der Waals surface area contributed by atoms with Gasteiger partial charge in [0.1, 0.15) is 10.7 Å². The molecule has 2 aromatic heterocycles. The normalized spacial score (nSPS) is 18.0. The van der Waals surface area contributed by atoms with Gasteiger partial charge in [0.05, 0.1) is 12.6 Å². The summed E-state index contributed by atoms with van der Waals surface area (Å²) in [5.74, 6) is 1.79. The van der Waals surface area contributed by atoms with Gasteiger partial charge in [0.2, 0.25) is 5.88 Å². The monoisotopic (exact) mass is 357 g/mol. The highest BCUT2D eigenvalue weighted by Crippen LogP contribution is 2.38. The van der Waals surface area contributed by atoms with Crippen molar-refractivity contribution in [3.63, 3.8) is 0 Å². The van der Waals surface area contributed by atoms with Crippen LogP contribution in [0.3, 0.4) is 0 Å². The van der Waals surface area contributed by atoms with Crippen molar-refractivity contribution in [2.45, 2.75) is 45.1 Å². The minimum absolute atomic E-state index is 0.0288. The van der Waals surface area contributed by atoms with Crippen molar-refractivity contribution in [3.8, 4) is 5.88 Å². The molecule has 0 saturated heterocycles. The predicted octanol–water partition coefficient (Wildman–Crippen LogP) is 3.91. The Balaban J connectivity index is 1.45. The Morgan fingerprint density at radius 3 is 2.80 bits per heavy atom. The molecule has 5 nitrogen and oxygen atoms in total. The number of rotatable bonds is 8. The van der Waals surface area contributed by atoms with Crippen molar-refractivity contribution in [2.75, 3.05) is 6.61 Å². The number of aromatic nitrogens is 2. The number of nitrogens with zero attached hydrogens (tertiary/aromatic N) is 2. The van der Waals surface area contributed by atoms with Crippen LogP contribution in [-0.2, 0) is 0 Å². The molecule has 0 radical (unpaired) electrons. The molecule has 2 fully saturated rings. The van der Waals surface area contributed by atoms with Crippen molar-refractivity contribution in [3.05, 3.63) is 40.0 Å². The molecule has 2 heterocycles. The first-order chi connectivity index (χ1) is 12.2.